The Morgan fingerprint density at radius 1 is 0.667 bits per heavy atom. The van der Waals surface area contributed by atoms with Crippen LogP contribution in [0.15, 0.2) is 0 Å². The molecule has 0 rings (SSSR count). The number of amides is 2. The summed E-state index contributed by atoms with van der Waals surface area (Å²) in [6, 6.07) is -0.670. The van der Waals surface area contributed by atoms with Crippen molar-refractivity contribution in [3.05, 3.63) is 0 Å². The van der Waals surface area contributed by atoms with Crippen LogP contribution in [0.25, 0.3) is 0 Å². The van der Waals surface area contributed by atoms with Gasteiger partial charge in [-0.05, 0) is 41.5 Å². The zero-order chi connectivity index (χ0) is 19.6. The van der Waals surface area contributed by atoms with E-state index < -0.39 is 37.0 Å². The van der Waals surface area contributed by atoms with Crippen LogP contribution in [0.3, 0.4) is 0 Å². The summed E-state index contributed by atoms with van der Waals surface area (Å²) < 4.78 is -3.56. The molecule has 0 radical (unpaired) electrons. The minimum atomic E-state index is -1.78. The summed E-state index contributed by atoms with van der Waals surface area (Å²) in [6.07, 6.45) is -1.93. The van der Waals surface area contributed by atoms with Gasteiger partial charge in [0.05, 0.1) is 0 Å². The van der Waals surface area contributed by atoms with Gasteiger partial charge >= 0.3 is 6.03 Å². The number of alkyl halides is 6. The minimum absolute atomic E-state index is 0.417. The molecule has 2 atom stereocenters. The van der Waals surface area contributed by atoms with Crippen LogP contribution < -0.4 is 21.3 Å². The van der Waals surface area contributed by atoms with Gasteiger partial charge in [-0.3, -0.25) is 10.6 Å². The third kappa shape index (κ3) is 11.5. The molecule has 2 unspecified atom stereocenters. The Balaban J connectivity index is 5.09. The summed E-state index contributed by atoms with van der Waals surface area (Å²) in [4.78, 5) is 12.3. The van der Waals surface area contributed by atoms with Gasteiger partial charge in [-0.15, -0.1) is 0 Å². The fraction of sp³-hybridized carbons (Fsp3) is 0.923. The first kappa shape index (κ1) is 24.9. The minimum Gasteiger partial charge on any atom is -0.318 e. The van der Waals surface area contributed by atoms with Gasteiger partial charge in [0.25, 0.3) is 0 Å². The standard InChI is InChI=1S/C13H24Cl6N4O/c1-10(2,3)22-7(12(14,15)16)20-9(24)21-8(13(17,18)19)23-11(4,5)6/h7-8,22-23H,1-6H3,(H2,20,21,24). The fourth-order valence-corrected chi connectivity index (χ4v) is 2.22. The summed E-state index contributed by atoms with van der Waals surface area (Å²) in [5.74, 6) is 0. The van der Waals surface area contributed by atoms with Crippen molar-refractivity contribution in [1.29, 1.82) is 0 Å². The molecule has 0 aliphatic heterocycles. The zero-order valence-electron chi connectivity index (χ0n) is 14.3. The molecule has 2 amide bonds. The fourth-order valence-electron chi connectivity index (χ4n) is 1.57. The van der Waals surface area contributed by atoms with Crippen LogP contribution in [-0.2, 0) is 0 Å². The lowest BCUT2D eigenvalue weighted by Gasteiger charge is -2.36. The van der Waals surface area contributed by atoms with Crippen molar-refractivity contribution < 1.29 is 4.79 Å². The molecule has 0 aromatic rings. The molecule has 0 aliphatic carbocycles. The van der Waals surface area contributed by atoms with Crippen LogP contribution in [-0.4, -0.2) is 37.0 Å². The highest BCUT2D eigenvalue weighted by Gasteiger charge is 2.39. The maximum Gasteiger partial charge on any atom is 0.317 e. The second kappa shape index (κ2) is 8.75. The maximum absolute atomic E-state index is 12.3. The van der Waals surface area contributed by atoms with Crippen molar-refractivity contribution in [2.24, 2.45) is 0 Å². The molecule has 4 N–H and O–H groups in total. The summed E-state index contributed by atoms with van der Waals surface area (Å²) >= 11 is 35.5. The highest BCUT2D eigenvalue weighted by atomic mass is 35.6. The van der Waals surface area contributed by atoms with Crippen LogP contribution in [0.1, 0.15) is 41.5 Å². The van der Waals surface area contributed by atoms with Gasteiger partial charge in [0.1, 0.15) is 12.3 Å². The van der Waals surface area contributed by atoms with Crippen molar-refractivity contribution >= 4 is 75.6 Å². The number of carbonyl (C=O) groups is 1. The van der Waals surface area contributed by atoms with E-state index in [2.05, 4.69) is 21.3 Å². The molecule has 0 aromatic carbocycles. The molecular formula is C13H24Cl6N4O. The number of halogens is 6. The van der Waals surface area contributed by atoms with Crippen LogP contribution in [0.5, 0.6) is 0 Å². The van der Waals surface area contributed by atoms with E-state index in [0.29, 0.717) is 0 Å². The van der Waals surface area contributed by atoms with Crippen molar-refractivity contribution in [2.75, 3.05) is 0 Å². The molecule has 0 aromatic heterocycles. The van der Waals surface area contributed by atoms with E-state index in [4.69, 9.17) is 69.6 Å². The lowest BCUT2D eigenvalue weighted by Crippen LogP contribution is -2.65. The maximum atomic E-state index is 12.3. The lowest BCUT2D eigenvalue weighted by atomic mass is 10.1. The van der Waals surface area contributed by atoms with E-state index in [1.54, 1.807) is 0 Å². The third-order valence-electron chi connectivity index (χ3n) is 2.36. The second-order valence-corrected chi connectivity index (χ2v) is 12.1. The third-order valence-corrected chi connectivity index (χ3v) is 3.67. The molecule has 11 heteroatoms. The van der Waals surface area contributed by atoms with E-state index in [9.17, 15) is 4.79 Å². The molecule has 144 valence electrons. The molecule has 0 spiro atoms. The van der Waals surface area contributed by atoms with E-state index in [1.807, 2.05) is 41.5 Å². The Kier molecular flexibility index (Phi) is 9.08. The van der Waals surface area contributed by atoms with Crippen molar-refractivity contribution in [3.63, 3.8) is 0 Å². The predicted molar refractivity (Wildman–Crippen MR) is 106 cm³/mol. The van der Waals surface area contributed by atoms with Gasteiger partial charge in [0.2, 0.25) is 7.59 Å². The Morgan fingerprint density at radius 3 is 1.08 bits per heavy atom. The quantitative estimate of drug-likeness (QED) is 0.367. The number of hydrogen-bond acceptors (Lipinski definition) is 3. The van der Waals surface area contributed by atoms with Crippen LogP contribution in [0.2, 0.25) is 0 Å². The highest BCUT2D eigenvalue weighted by molar-refractivity contribution is 6.68. The monoisotopic (exact) mass is 462 g/mol. The first-order valence-corrected chi connectivity index (χ1v) is 9.34. The number of urea groups is 1. The summed E-state index contributed by atoms with van der Waals surface area (Å²) in [5.41, 5.74) is -0.833. The van der Waals surface area contributed by atoms with Crippen LogP contribution in [0, 0.1) is 0 Å². The van der Waals surface area contributed by atoms with Crippen molar-refractivity contribution in [1.82, 2.24) is 21.3 Å². The number of carbonyl (C=O) groups excluding carboxylic acids is 1. The Morgan fingerprint density at radius 2 is 0.917 bits per heavy atom. The summed E-state index contributed by atoms with van der Waals surface area (Å²) in [5, 5.41) is 11.1. The first-order valence-electron chi connectivity index (χ1n) is 7.07. The largest absolute Gasteiger partial charge is 0.318 e. The molecule has 0 fully saturated rings. The molecular weight excluding hydrogens is 441 g/mol. The average Bonchev–Trinajstić information content (AvgIpc) is 2.20. The topological polar surface area (TPSA) is 65.2 Å². The number of hydrogen-bond donors (Lipinski definition) is 4. The van der Waals surface area contributed by atoms with Gasteiger partial charge in [0, 0.05) is 11.1 Å². The Labute approximate surface area is 173 Å². The Hall–Kier alpha value is 0.930. The lowest BCUT2D eigenvalue weighted by molar-refractivity contribution is 0.218. The number of rotatable bonds is 4. The SMILES string of the molecule is CC(C)(C)NC(NC(=O)NC(NC(C)(C)C)C(Cl)(Cl)Cl)C(Cl)(Cl)Cl. The van der Waals surface area contributed by atoms with Gasteiger partial charge < -0.3 is 10.6 Å². The van der Waals surface area contributed by atoms with Crippen LogP contribution >= 0.6 is 69.6 Å². The van der Waals surface area contributed by atoms with Gasteiger partial charge in [-0.1, -0.05) is 69.6 Å². The highest BCUT2D eigenvalue weighted by Crippen LogP contribution is 2.31. The van der Waals surface area contributed by atoms with Crippen molar-refractivity contribution in [3.8, 4) is 0 Å². The van der Waals surface area contributed by atoms with Crippen LogP contribution in [0.4, 0.5) is 4.79 Å². The molecule has 0 heterocycles. The second-order valence-electron chi connectivity index (χ2n) is 7.36. The molecule has 0 saturated carbocycles. The smallest absolute Gasteiger partial charge is 0.317 e. The summed E-state index contributed by atoms with van der Waals surface area (Å²) in [6.45, 7) is 11.2. The molecule has 0 saturated heterocycles. The summed E-state index contributed by atoms with van der Waals surface area (Å²) in [7, 11) is 0. The first-order chi connectivity index (χ1) is 10.3. The molecule has 5 nitrogen and oxygen atoms in total. The predicted octanol–water partition coefficient (Wildman–Crippen LogP) is 4.45. The molecule has 24 heavy (non-hydrogen) atoms. The zero-order valence-corrected chi connectivity index (χ0v) is 18.9. The van der Waals surface area contributed by atoms with Gasteiger partial charge in [-0.25, -0.2) is 4.79 Å². The molecule has 0 aliphatic rings. The Bertz CT molecular complexity index is 384. The van der Waals surface area contributed by atoms with Gasteiger partial charge in [0.15, 0.2) is 0 Å². The van der Waals surface area contributed by atoms with E-state index in [1.165, 1.54) is 0 Å². The number of nitrogens with one attached hydrogen (secondary N) is 4. The van der Waals surface area contributed by atoms with Crippen molar-refractivity contribution in [2.45, 2.75) is 72.5 Å². The normalized spacial score (nSPS) is 16.5. The van der Waals surface area contributed by atoms with E-state index in [-0.39, 0.29) is 0 Å². The van der Waals surface area contributed by atoms with E-state index >= 15 is 0 Å². The average molecular weight is 465 g/mol. The van der Waals surface area contributed by atoms with E-state index in [0.717, 1.165) is 0 Å². The van der Waals surface area contributed by atoms with Gasteiger partial charge in [-0.2, -0.15) is 0 Å². The molecule has 0 bridgehead atoms.